The molecule has 1 aromatic carbocycles. The van der Waals surface area contributed by atoms with Gasteiger partial charge in [-0.25, -0.2) is 4.79 Å². The second-order valence-corrected chi connectivity index (χ2v) is 4.06. The van der Waals surface area contributed by atoms with Crippen LogP contribution in [0.15, 0.2) is 24.3 Å². The lowest BCUT2D eigenvalue weighted by molar-refractivity contribution is 0.0601. The molecule has 0 fully saturated rings. The van der Waals surface area contributed by atoms with Gasteiger partial charge in [-0.05, 0) is 23.6 Å². The zero-order chi connectivity index (χ0) is 10.8. The van der Waals surface area contributed by atoms with Gasteiger partial charge in [-0.2, -0.15) is 0 Å². The molecule has 0 bridgehead atoms. The van der Waals surface area contributed by atoms with E-state index in [1.165, 1.54) is 18.4 Å². The average Bonchev–Trinajstić information content (AvgIpc) is 2.69. The fraction of sp³-hybridized carbons (Fsp3) is 0.182. The lowest BCUT2D eigenvalue weighted by Gasteiger charge is -1.97. The molecule has 0 aliphatic heterocycles. The maximum absolute atomic E-state index is 11.3. The van der Waals surface area contributed by atoms with E-state index in [4.69, 9.17) is 4.74 Å². The summed E-state index contributed by atoms with van der Waals surface area (Å²) in [7, 11) is 3.01. The van der Waals surface area contributed by atoms with Crippen molar-refractivity contribution in [3.63, 3.8) is 0 Å². The average molecular weight is 222 g/mol. The smallest absolute Gasteiger partial charge is 0.337 e. The number of esters is 1. The predicted molar refractivity (Wildman–Crippen MR) is 59.7 cm³/mol. The molecule has 0 unspecified atom stereocenters. The summed E-state index contributed by atoms with van der Waals surface area (Å²) in [6.45, 7) is 0. The number of carbonyl (C=O) groups excluding carboxylic acids is 1. The first-order valence-corrected chi connectivity index (χ1v) is 5.22. The Morgan fingerprint density at radius 2 is 2.07 bits per heavy atom. The maximum Gasteiger partial charge on any atom is 0.337 e. The van der Waals surface area contributed by atoms with Crippen molar-refractivity contribution in [1.82, 2.24) is 0 Å². The molecule has 0 atom stereocenters. The lowest BCUT2D eigenvalue weighted by Crippen LogP contribution is -1.99. The van der Waals surface area contributed by atoms with Gasteiger partial charge in [-0.3, -0.25) is 0 Å². The molecule has 1 aromatic heterocycles. The second kappa shape index (κ2) is 3.90. The summed E-state index contributed by atoms with van der Waals surface area (Å²) in [4.78, 5) is 11.3. The number of thiophene rings is 1. The van der Waals surface area contributed by atoms with E-state index < -0.39 is 0 Å². The zero-order valence-corrected chi connectivity index (χ0v) is 9.26. The molecule has 15 heavy (non-hydrogen) atoms. The van der Waals surface area contributed by atoms with Crippen LogP contribution < -0.4 is 4.74 Å². The molecule has 0 aliphatic carbocycles. The van der Waals surface area contributed by atoms with Gasteiger partial charge in [-0.1, -0.05) is 17.4 Å². The Morgan fingerprint density at radius 3 is 2.73 bits per heavy atom. The van der Waals surface area contributed by atoms with Crippen molar-refractivity contribution in [3.05, 3.63) is 29.8 Å². The Labute approximate surface area is 91.2 Å². The monoisotopic (exact) mass is 222 g/mol. The van der Waals surface area contributed by atoms with Crippen LogP contribution in [0.4, 0.5) is 0 Å². The minimum absolute atomic E-state index is 0.315. The number of ether oxygens (including phenoxy) is 2. The first kappa shape index (κ1) is 9.98. The fourth-order valence-corrected chi connectivity index (χ4v) is 2.27. The van der Waals surface area contributed by atoms with Crippen molar-refractivity contribution in [1.29, 1.82) is 0 Å². The van der Waals surface area contributed by atoms with E-state index >= 15 is 0 Å². The van der Waals surface area contributed by atoms with Crippen LogP contribution in [0.1, 0.15) is 10.4 Å². The van der Waals surface area contributed by atoms with Crippen LogP contribution in [-0.2, 0) is 4.74 Å². The third-order valence-electron chi connectivity index (χ3n) is 2.12. The van der Waals surface area contributed by atoms with E-state index in [1.54, 1.807) is 13.2 Å². The fourth-order valence-electron chi connectivity index (χ4n) is 1.35. The number of hydrogen-bond donors (Lipinski definition) is 0. The Hall–Kier alpha value is -1.55. The van der Waals surface area contributed by atoms with Crippen LogP contribution in [0, 0.1) is 0 Å². The molecule has 78 valence electrons. The van der Waals surface area contributed by atoms with Crippen LogP contribution in [-0.4, -0.2) is 20.2 Å². The highest BCUT2D eigenvalue weighted by atomic mass is 32.1. The molecule has 0 radical (unpaired) electrons. The first-order chi connectivity index (χ1) is 7.24. The highest BCUT2D eigenvalue weighted by molar-refractivity contribution is 7.20. The van der Waals surface area contributed by atoms with Gasteiger partial charge in [-0.15, -0.1) is 0 Å². The van der Waals surface area contributed by atoms with Crippen molar-refractivity contribution < 1.29 is 14.3 Å². The van der Waals surface area contributed by atoms with Gasteiger partial charge in [0.25, 0.3) is 0 Å². The number of rotatable bonds is 2. The zero-order valence-electron chi connectivity index (χ0n) is 8.44. The van der Waals surface area contributed by atoms with E-state index in [2.05, 4.69) is 4.74 Å². The standard InChI is InChI=1S/C11H10O3S/c1-13-10-6-7-3-4-8(11(12)14-2)5-9(7)15-10/h3-6H,1-2H3. The second-order valence-electron chi connectivity index (χ2n) is 3.01. The van der Waals surface area contributed by atoms with Gasteiger partial charge in [0, 0.05) is 4.70 Å². The molecule has 0 spiro atoms. The van der Waals surface area contributed by atoms with E-state index in [1.807, 2.05) is 18.2 Å². The molecular formula is C11H10O3S. The minimum Gasteiger partial charge on any atom is -0.487 e. The Balaban J connectivity index is 2.50. The summed E-state index contributed by atoms with van der Waals surface area (Å²) in [6.07, 6.45) is 0. The van der Waals surface area contributed by atoms with Crippen molar-refractivity contribution in [3.8, 4) is 5.06 Å². The molecule has 4 heteroatoms. The van der Waals surface area contributed by atoms with Crippen LogP contribution in [0.2, 0.25) is 0 Å². The van der Waals surface area contributed by atoms with Gasteiger partial charge in [0.05, 0.1) is 19.8 Å². The van der Waals surface area contributed by atoms with Crippen LogP contribution in [0.5, 0.6) is 5.06 Å². The molecule has 2 aromatic rings. The normalized spacial score (nSPS) is 10.3. The van der Waals surface area contributed by atoms with Crippen molar-refractivity contribution in [2.24, 2.45) is 0 Å². The summed E-state index contributed by atoms with van der Waals surface area (Å²) >= 11 is 1.51. The number of methoxy groups -OCH3 is 2. The predicted octanol–water partition coefficient (Wildman–Crippen LogP) is 2.70. The highest BCUT2D eigenvalue weighted by Crippen LogP contribution is 2.31. The molecule has 0 saturated heterocycles. The quantitative estimate of drug-likeness (QED) is 0.733. The number of hydrogen-bond acceptors (Lipinski definition) is 4. The van der Waals surface area contributed by atoms with Crippen LogP contribution >= 0.6 is 11.3 Å². The molecule has 0 amide bonds. The van der Waals surface area contributed by atoms with Crippen molar-refractivity contribution in [2.45, 2.75) is 0 Å². The lowest BCUT2D eigenvalue weighted by atomic mass is 10.2. The SMILES string of the molecule is COC(=O)c1ccc2cc(OC)sc2c1. The molecule has 1 heterocycles. The van der Waals surface area contributed by atoms with Gasteiger partial charge < -0.3 is 9.47 Å². The molecular weight excluding hydrogens is 212 g/mol. The number of fused-ring (bicyclic) bond motifs is 1. The molecule has 0 N–H and O–H groups in total. The summed E-state index contributed by atoms with van der Waals surface area (Å²) in [5, 5.41) is 1.91. The van der Waals surface area contributed by atoms with Crippen molar-refractivity contribution in [2.75, 3.05) is 14.2 Å². The van der Waals surface area contributed by atoms with Gasteiger partial charge in [0.1, 0.15) is 0 Å². The molecule has 3 nitrogen and oxygen atoms in total. The molecule has 0 aliphatic rings. The third kappa shape index (κ3) is 1.80. The summed E-state index contributed by atoms with van der Waals surface area (Å²) < 4.78 is 10.8. The summed E-state index contributed by atoms with van der Waals surface area (Å²) in [6, 6.07) is 7.40. The van der Waals surface area contributed by atoms with Crippen LogP contribution in [0.3, 0.4) is 0 Å². The summed E-state index contributed by atoms with van der Waals surface area (Å²) in [5.41, 5.74) is 0.564. The topological polar surface area (TPSA) is 35.5 Å². The Morgan fingerprint density at radius 1 is 1.27 bits per heavy atom. The van der Waals surface area contributed by atoms with E-state index in [9.17, 15) is 4.79 Å². The van der Waals surface area contributed by atoms with Gasteiger partial charge >= 0.3 is 5.97 Å². The Bertz CT molecular complexity index is 502. The maximum atomic E-state index is 11.3. The molecule has 0 saturated carbocycles. The van der Waals surface area contributed by atoms with E-state index in [0.717, 1.165) is 15.1 Å². The largest absolute Gasteiger partial charge is 0.487 e. The first-order valence-electron chi connectivity index (χ1n) is 4.40. The summed E-state index contributed by atoms with van der Waals surface area (Å²) in [5.74, 6) is -0.315. The Kier molecular flexibility index (Phi) is 2.60. The number of carbonyl (C=O) groups is 1. The van der Waals surface area contributed by atoms with Gasteiger partial charge in [0.2, 0.25) is 0 Å². The third-order valence-corrected chi connectivity index (χ3v) is 3.18. The van der Waals surface area contributed by atoms with E-state index in [0.29, 0.717) is 5.56 Å². The van der Waals surface area contributed by atoms with Crippen LogP contribution in [0.25, 0.3) is 10.1 Å². The minimum atomic E-state index is -0.315. The van der Waals surface area contributed by atoms with E-state index in [-0.39, 0.29) is 5.97 Å². The van der Waals surface area contributed by atoms with Gasteiger partial charge in [0.15, 0.2) is 5.06 Å². The van der Waals surface area contributed by atoms with Crippen molar-refractivity contribution >= 4 is 27.4 Å². The highest BCUT2D eigenvalue weighted by Gasteiger charge is 2.08. The molecule has 2 rings (SSSR count). The number of benzene rings is 1.